The SMILES string of the molecule is CC(C)(C)OC(=O)N1CC(n2cc(NC(=O)c3ccc(-c4cn[nH]c4)o3)c(-c3ccccn3)n2)C1.COC1CC(n2cc(NC(=O)c3ccc(-c4cn[nH]c4)o3)c(-c3ccccn3)n2)C1.O=C(Nc1cn(C2CC(OCc3ccccc3)C2)nc1-c1ccccn1)c1ccc(-c2cn[nH]c2)o1.O=CO. The molecule has 31 nitrogen and oxygen atoms in total. The number of aromatic nitrogens is 15. The summed E-state index contributed by atoms with van der Waals surface area (Å²) in [5.74, 6) is 1.07. The van der Waals surface area contributed by atoms with Crippen molar-refractivity contribution in [1.29, 1.82) is 0 Å². The predicted molar refractivity (Wildman–Crippen MR) is 377 cm³/mol. The Morgan fingerprint density at radius 2 is 0.904 bits per heavy atom. The Kier molecular flexibility index (Phi) is 21.1. The molecule has 1 aromatic carbocycles. The number of pyridine rings is 3. The third-order valence-corrected chi connectivity index (χ3v) is 16.9. The first-order valence-electron chi connectivity index (χ1n) is 33.1. The number of nitrogens with zero attached hydrogens (tertiary/aromatic N) is 13. The van der Waals surface area contributed by atoms with Crippen LogP contribution in [0.1, 0.15) is 102 Å². The van der Waals surface area contributed by atoms with Crippen LogP contribution < -0.4 is 16.0 Å². The Hall–Kier alpha value is -13.2. The summed E-state index contributed by atoms with van der Waals surface area (Å²) >= 11 is 0. The van der Waals surface area contributed by atoms with Crippen LogP contribution in [0.15, 0.2) is 209 Å². The van der Waals surface area contributed by atoms with E-state index in [1.165, 1.54) is 0 Å². The maximum absolute atomic E-state index is 13.0. The predicted octanol–water partition coefficient (Wildman–Crippen LogP) is 12.3. The van der Waals surface area contributed by atoms with Gasteiger partial charge in [-0.3, -0.25) is 63.5 Å². The van der Waals surface area contributed by atoms with Crippen molar-refractivity contribution in [3.63, 3.8) is 0 Å². The second-order valence-electron chi connectivity index (χ2n) is 25.2. The summed E-state index contributed by atoms with van der Waals surface area (Å²) in [6, 6.07) is 37.3. The Labute approximate surface area is 593 Å². The first-order chi connectivity index (χ1) is 50.6. The number of nitrogens with one attached hydrogen (secondary N) is 6. The van der Waals surface area contributed by atoms with E-state index < -0.39 is 11.5 Å². The van der Waals surface area contributed by atoms with Crippen LogP contribution in [0, 0.1) is 0 Å². The molecular formula is C73H71N19O12. The smallest absolute Gasteiger partial charge is 0.410 e. The topological polar surface area (TPSA) is 390 Å². The number of amides is 4. The van der Waals surface area contributed by atoms with Crippen molar-refractivity contribution in [3.8, 4) is 68.1 Å². The summed E-state index contributed by atoms with van der Waals surface area (Å²) < 4.78 is 39.5. The fourth-order valence-corrected chi connectivity index (χ4v) is 11.4. The Balaban J connectivity index is 0.000000137. The van der Waals surface area contributed by atoms with Gasteiger partial charge in [-0.15, -0.1) is 0 Å². The van der Waals surface area contributed by atoms with Gasteiger partial charge in [0.25, 0.3) is 24.2 Å². The molecule has 0 unspecified atom stereocenters. The maximum atomic E-state index is 13.0. The first-order valence-corrected chi connectivity index (χ1v) is 33.1. The Morgan fingerprint density at radius 3 is 1.25 bits per heavy atom. The maximum Gasteiger partial charge on any atom is 0.410 e. The zero-order valence-corrected chi connectivity index (χ0v) is 56.6. The summed E-state index contributed by atoms with van der Waals surface area (Å²) in [6.45, 7) is 6.76. The van der Waals surface area contributed by atoms with Crippen LogP contribution in [0.4, 0.5) is 21.9 Å². The van der Waals surface area contributed by atoms with Gasteiger partial charge < -0.3 is 53.4 Å². The number of ether oxygens (including phenoxy) is 3. The van der Waals surface area contributed by atoms with Crippen molar-refractivity contribution in [2.24, 2.45) is 0 Å². The van der Waals surface area contributed by atoms with Gasteiger partial charge in [0.15, 0.2) is 17.3 Å². The summed E-state index contributed by atoms with van der Waals surface area (Å²) in [7, 11) is 1.72. The molecule has 0 atom stereocenters. The van der Waals surface area contributed by atoms with Crippen molar-refractivity contribution in [1.82, 2.24) is 79.8 Å². The molecule has 104 heavy (non-hydrogen) atoms. The quantitative estimate of drug-likeness (QED) is 0.0370. The standard InChI is InChI=1S/C27H24N6O3.C24H25N7O4.C21H20N6O3.CH2O2/c34-27(25-10-9-24(36-25)19-14-29-30-15-19)31-23-16-33(32-26(23)22-8-4-5-11-28-22)20-12-21(13-20)35-17-18-6-2-1-3-7-18;1-24(2,3)35-23(33)30-12-16(13-30)31-14-18(21(29-31)17-6-4-5-9-25-17)28-22(32)20-8-7-19(34-20)15-10-26-27-11-15;1-29-15-8-14(9-15)27-12-17(20(26-27)16-4-2-3-7-22-16)25-21(28)19-6-5-18(30-19)13-10-23-24-11-13;2-1-3/h1-11,14-16,20-21H,12-13,17H2,(H,29,30)(H,31,34);4-11,14,16H,12-13H2,1-3H3,(H,26,27)(H,28,32);2-7,10-12,14-15H,8-9H2,1H3,(H,23,24)(H,25,28);1H,(H,2,3). The fraction of sp³-hybridized carbons (Fsp3) is 0.233. The molecule has 13 heterocycles. The highest BCUT2D eigenvalue weighted by atomic mass is 16.6. The van der Waals surface area contributed by atoms with Gasteiger partial charge in [0.1, 0.15) is 40.0 Å². The number of anilines is 3. The number of carboxylic acid groups (broad SMARTS) is 1. The number of H-pyrrole nitrogens is 3. The van der Waals surface area contributed by atoms with E-state index in [1.54, 1.807) is 115 Å². The molecule has 7 N–H and O–H groups in total. The monoisotopic (exact) mass is 1410 g/mol. The van der Waals surface area contributed by atoms with Crippen LogP contribution >= 0.6 is 0 Å². The molecule has 0 spiro atoms. The molecule has 31 heteroatoms. The molecular weight excluding hydrogens is 1330 g/mol. The van der Waals surface area contributed by atoms with Gasteiger partial charge in [-0.2, -0.15) is 30.6 Å². The third kappa shape index (κ3) is 16.7. The highest BCUT2D eigenvalue weighted by Crippen LogP contribution is 2.40. The van der Waals surface area contributed by atoms with Gasteiger partial charge in [-0.25, -0.2) is 4.79 Å². The van der Waals surface area contributed by atoms with Crippen molar-refractivity contribution in [2.75, 3.05) is 36.1 Å². The molecule has 2 aliphatic carbocycles. The van der Waals surface area contributed by atoms with Crippen LogP contribution in [0.2, 0.25) is 0 Å². The second-order valence-corrected chi connectivity index (χ2v) is 25.2. The van der Waals surface area contributed by atoms with Crippen LogP contribution in [-0.4, -0.2) is 153 Å². The number of hydrogen-bond donors (Lipinski definition) is 7. The van der Waals surface area contributed by atoms with Crippen LogP contribution in [-0.2, 0) is 25.6 Å². The van der Waals surface area contributed by atoms with Gasteiger partial charge in [0.05, 0.1) is 106 Å². The summed E-state index contributed by atoms with van der Waals surface area (Å²) in [5, 5.41) is 49.7. The third-order valence-electron chi connectivity index (χ3n) is 16.9. The zero-order chi connectivity index (χ0) is 72.1. The molecule has 2 saturated carbocycles. The Morgan fingerprint density at radius 1 is 0.529 bits per heavy atom. The van der Waals surface area contributed by atoms with Gasteiger partial charge >= 0.3 is 6.09 Å². The summed E-state index contributed by atoms with van der Waals surface area (Å²) in [4.78, 5) is 74.3. The molecule has 16 rings (SSSR count). The normalized spacial score (nSPS) is 15.9. The number of aromatic amines is 3. The van der Waals surface area contributed by atoms with E-state index in [2.05, 4.69) is 78.7 Å². The summed E-state index contributed by atoms with van der Waals surface area (Å²) in [6.07, 6.45) is 24.1. The number of hydrogen-bond acceptors (Lipinski definition) is 20. The highest BCUT2D eigenvalue weighted by Gasteiger charge is 2.38. The second kappa shape index (κ2) is 31.6. The van der Waals surface area contributed by atoms with E-state index >= 15 is 0 Å². The van der Waals surface area contributed by atoms with E-state index in [4.69, 9.17) is 47.6 Å². The average Bonchev–Trinajstić information content (AvgIpc) is 1.63. The first kappa shape index (κ1) is 69.3. The molecule has 3 aliphatic rings. The lowest BCUT2D eigenvalue weighted by Gasteiger charge is -2.39. The highest BCUT2D eigenvalue weighted by molar-refractivity contribution is 6.06. The van der Waals surface area contributed by atoms with Crippen LogP contribution in [0.25, 0.3) is 68.1 Å². The van der Waals surface area contributed by atoms with Gasteiger partial charge in [-0.05, 0) is 125 Å². The molecule has 0 bridgehead atoms. The van der Waals surface area contributed by atoms with Gasteiger partial charge in [0, 0.05) is 76.0 Å². The van der Waals surface area contributed by atoms with Crippen LogP contribution in [0.5, 0.6) is 0 Å². The largest absolute Gasteiger partial charge is 0.483 e. The molecule has 1 aliphatic heterocycles. The molecule has 3 fully saturated rings. The lowest BCUT2D eigenvalue weighted by atomic mass is 9.89. The number of benzene rings is 1. The molecule has 1 saturated heterocycles. The zero-order valence-electron chi connectivity index (χ0n) is 56.6. The number of rotatable bonds is 19. The number of furan rings is 3. The van der Waals surface area contributed by atoms with E-state index in [9.17, 15) is 19.2 Å². The van der Waals surface area contributed by atoms with Crippen molar-refractivity contribution < 1.29 is 56.5 Å². The minimum Gasteiger partial charge on any atom is -0.483 e. The van der Waals surface area contributed by atoms with Crippen molar-refractivity contribution >= 4 is 47.3 Å². The summed E-state index contributed by atoms with van der Waals surface area (Å²) in [5.41, 5.74) is 8.28. The lowest BCUT2D eigenvalue weighted by molar-refractivity contribution is -0.122. The molecule has 4 amide bonds. The minimum atomic E-state index is -0.555. The minimum absolute atomic E-state index is 0.0491. The average molecular weight is 1410 g/mol. The van der Waals surface area contributed by atoms with E-state index in [0.29, 0.717) is 88.2 Å². The number of methoxy groups -OCH3 is 1. The van der Waals surface area contributed by atoms with Crippen LogP contribution in [0.3, 0.4) is 0 Å². The Bertz CT molecular complexity index is 4950. The fourth-order valence-electron chi connectivity index (χ4n) is 11.4. The molecule has 13 aromatic rings. The lowest BCUT2D eigenvalue weighted by Crippen LogP contribution is -2.52. The van der Waals surface area contributed by atoms with Crippen molar-refractivity contribution in [3.05, 3.63) is 219 Å². The number of carbonyl (C=O) groups is 5. The van der Waals surface area contributed by atoms with E-state index in [-0.39, 0.29) is 72.0 Å². The number of likely N-dealkylation sites (tertiary alicyclic amines) is 1. The molecule has 12 aromatic heterocycles. The van der Waals surface area contributed by atoms with Crippen molar-refractivity contribution in [2.45, 2.75) is 89.0 Å². The van der Waals surface area contributed by atoms with Gasteiger partial charge in [0.2, 0.25) is 0 Å². The van der Waals surface area contributed by atoms with E-state index in [0.717, 1.165) is 47.9 Å². The molecule has 530 valence electrons. The van der Waals surface area contributed by atoms with Gasteiger partial charge in [-0.1, -0.05) is 48.5 Å². The number of carbonyl (C=O) groups excluding carboxylic acids is 4. The van der Waals surface area contributed by atoms with E-state index in [1.807, 2.05) is 115 Å². The molecule has 0 radical (unpaired) electrons.